The second kappa shape index (κ2) is 8.38. The monoisotopic (exact) mass is 467 g/mol. The van der Waals surface area contributed by atoms with E-state index in [4.69, 9.17) is 18.6 Å². The normalized spacial score (nSPS) is 14.4. The lowest BCUT2D eigenvalue weighted by Gasteiger charge is -2.09. The number of esters is 2. The Morgan fingerprint density at radius 3 is 2.63 bits per heavy atom. The highest BCUT2D eigenvalue weighted by atomic mass is 79.9. The summed E-state index contributed by atoms with van der Waals surface area (Å²) in [5, 5.41) is 0. The fourth-order valence-corrected chi connectivity index (χ4v) is 3.05. The SMILES string of the molecule is COc1ccc(C(=O)Oc2ccc(Br)cc2/C=C2/N=C(c3ccco3)OC2=O)cc1. The quantitative estimate of drug-likeness (QED) is 0.309. The molecule has 0 atom stereocenters. The molecule has 0 aliphatic carbocycles. The third kappa shape index (κ3) is 4.18. The van der Waals surface area contributed by atoms with E-state index in [1.807, 2.05) is 0 Å². The van der Waals surface area contributed by atoms with Gasteiger partial charge in [0.05, 0.1) is 18.9 Å². The van der Waals surface area contributed by atoms with E-state index in [0.717, 1.165) is 4.47 Å². The summed E-state index contributed by atoms with van der Waals surface area (Å²) in [7, 11) is 1.54. The van der Waals surface area contributed by atoms with Crippen LogP contribution in [0.1, 0.15) is 21.7 Å². The minimum absolute atomic E-state index is 0.0567. The Morgan fingerprint density at radius 1 is 1.13 bits per heavy atom. The van der Waals surface area contributed by atoms with Gasteiger partial charge in [0.15, 0.2) is 11.5 Å². The van der Waals surface area contributed by atoms with Crippen molar-refractivity contribution in [1.82, 2.24) is 0 Å². The zero-order valence-corrected chi connectivity index (χ0v) is 17.2. The predicted molar refractivity (Wildman–Crippen MR) is 111 cm³/mol. The molecule has 0 unspecified atom stereocenters. The summed E-state index contributed by atoms with van der Waals surface area (Å²) in [6, 6.07) is 14.9. The number of methoxy groups -OCH3 is 1. The van der Waals surface area contributed by atoms with Crippen LogP contribution in [0.4, 0.5) is 0 Å². The van der Waals surface area contributed by atoms with Crippen LogP contribution in [0.25, 0.3) is 6.08 Å². The largest absolute Gasteiger partial charge is 0.497 e. The minimum Gasteiger partial charge on any atom is -0.497 e. The van der Waals surface area contributed by atoms with Crippen LogP contribution >= 0.6 is 15.9 Å². The molecule has 3 aromatic rings. The molecule has 2 aromatic carbocycles. The molecule has 1 aromatic heterocycles. The number of benzene rings is 2. The molecule has 0 radical (unpaired) electrons. The molecular formula is C22H14BrNO6. The molecule has 0 fully saturated rings. The van der Waals surface area contributed by atoms with E-state index in [0.29, 0.717) is 22.6 Å². The summed E-state index contributed by atoms with van der Waals surface area (Å²) < 4.78 is 21.7. The highest BCUT2D eigenvalue weighted by Crippen LogP contribution is 2.28. The van der Waals surface area contributed by atoms with Crippen molar-refractivity contribution in [3.63, 3.8) is 0 Å². The van der Waals surface area contributed by atoms with Crippen LogP contribution in [0.3, 0.4) is 0 Å². The van der Waals surface area contributed by atoms with Crippen molar-refractivity contribution in [2.75, 3.05) is 7.11 Å². The number of halogens is 1. The van der Waals surface area contributed by atoms with Gasteiger partial charge in [-0.25, -0.2) is 14.6 Å². The number of furan rings is 1. The van der Waals surface area contributed by atoms with Gasteiger partial charge in [0.1, 0.15) is 11.5 Å². The number of rotatable bonds is 5. The molecule has 8 heteroatoms. The lowest BCUT2D eigenvalue weighted by molar-refractivity contribution is -0.130. The summed E-state index contributed by atoms with van der Waals surface area (Å²) in [4.78, 5) is 28.9. The third-order valence-corrected chi connectivity index (χ3v) is 4.64. The Bertz CT molecular complexity index is 1160. The van der Waals surface area contributed by atoms with Gasteiger partial charge in [0.2, 0.25) is 0 Å². The van der Waals surface area contributed by atoms with Gasteiger partial charge in [-0.05, 0) is 60.7 Å². The fraction of sp³-hybridized carbons (Fsp3) is 0.0455. The first-order valence-corrected chi connectivity index (χ1v) is 9.55. The van der Waals surface area contributed by atoms with Crippen LogP contribution < -0.4 is 9.47 Å². The minimum atomic E-state index is -0.631. The molecular weight excluding hydrogens is 454 g/mol. The first-order valence-electron chi connectivity index (χ1n) is 8.76. The molecule has 0 spiro atoms. The van der Waals surface area contributed by atoms with Crippen LogP contribution in [-0.2, 0) is 9.53 Å². The molecule has 1 aliphatic heterocycles. The standard InChI is InChI=1S/C22H14BrNO6/c1-27-16-7-4-13(5-8-16)21(25)29-18-9-6-15(23)11-14(18)12-17-22(26)30-20(24-17)19-3-2-10-28-19/h2-12H,1H3/b17-12+. The third-order valence-electron chi connectivity index (χ3n) is 4.14. The van der Waals surface area contributed by atoms with Crippen molar-refractivity contribution in [3.05, 3.63) is 87.9 Å². The summed E-state index contributed by atoms with van der Waals surface area (Å²) in [6.45, 7) is 0. The van der Waals surface area contributed by atoms with E-state index in [-0.39, 0.29) is 17.3 Å². The molecule has 0 N–H and O–H groups in total. The Balaban J connectivity index is 1.63. The van der Waals surface area contributed by atoms with Gasteiger partial charge in [0, 0.05) is 10.0 Å². The summed E-state index contributed by atoms with van der Waals surface area (Å²) >= 11 is 3.38. The Labute approximate surface area is 179 Å². The first-order chi connectivity index (χ1) is 14.5. The maximum atomic E-state index is 12.5. The topological polar surface area (TPSA) is 87.3 Å². The van der Waals surface area contributed by atoms with Crippen LogP contribution in [0.5, 0.6) is 11.5 Å². The molecule has 0 amide bonds. The molecule has 7 nitrogen and oxygen atoms in total. The van der Waals surface area contributed by atoms with Crippen molar-refractivity contribution >= 4 is 39.8 Å². The van der Waals surface area contributed by atoms with E-state index >= 15 is 0 Å². The number of hydrogen-bond acceptors (Lipinski definition) is 7. The van der Waals surface area contributed by atoms with Gasteiger partial charge in [0.25, 0.3) is 5.90 Å². The van der Waals surface area contributed by atoms with Crippen molar-refractivity contribution in [1.29, 1.82) is 0 Å². The molecule has 4 rings (SSSR count). The second-order valence-electron chi connectivity index (χ2n) is 6.11. The number of ether oxygens (including phenoxy) is 3. The average Bonchev–Trinajstić information content (AvgIpc) is 3.40. The highest BCUT2D eigenvalue weighted by Gasteiger charge is 2.26. The zero-order valence-electron chi connectivity index (χ0n) is 15.6. The molecule has 1 aliphatic rings. The molecule has 0 saturated carbocycles. The van der Waals surface area contributed by atoms with Crippen LogP contribution in [0.15, 0.2) is 80.4 Å². The lowest BCUT2D eigenvalue weighted by atomic mass is 10.1. The van der Waals surface area contributed by atoms with Crippen molar-refractivity contribution in [2.45, 2.75) is 0 Å². The second-order valence-corrected chi connectivity index (χ2v) is 7.03. The maximum absolute atomic E-state index is 12.5. The molecule has 0 bridgehead atoms. The number of hydrogen-bond donors (Lipinski definition) is 0. The van der Waals surface area contributed by atoms with Crippen LogP contribution in [0.2, 0.25) is 0 Å². The van der Waals surface area contributed by atoms with Gasteiger partial charge < -0.3 is 18.6 Å². The van der Waals surface area contributed by atoms with Gasteiger partial charge in [-0.3, -0.25) is 0 Å². The summed E-state index contributed by atoms with van der Waals surface area (Å²) in [6.07, 6.45) is 2.94. The number of cyclic esters (lactones) is 1. The van der Waals surface area contributed by atoms with Crippen molar-refractivity contribution in [2.24, 2.45) is 4.99 Å². The van der Waals surface area contributed by atoms with Gasteiger partial charge in [-0.2, -0.15) is 0 Å². The van der Waals surface area contributed by atoms with Crippen molar-refractivity contribution in [3.8, 4) is 11.5 Å². The van der Waals surface area contributed by atoms with E-state index in [1.54, 1.807) is 61.7 Å². The fourth-order valence-electron chi connectivity index (χ4n) is 2.67. The smallest absolute Gasteiger partial charge is 0.363 e. The molecule has 150 valence electrons. The van der Waals surface area contributed by atoms with Crippen LogP contribution in [-0.4, -0.2) is 24.9 Å². The van der Waals surface area contributed by atoms with E-state index in [9.17, 15) is 9.59 Å². The van der Waals surface area contributed by atoms with Gasteiger partial charge in [-0.15, -0.1) is 0 Å². The molecule has 2 heterocycles. The van der Waals surface area contributed by atoms with Gasteiger partial charge >= 0.3 is 11.9 Å². The molecule has 0 saturated heterocycles. The number of nitrogens with zero attached hydrogens (tertiary/aromatic N) is 1. The number of carbonyl (C=O) groups is 2. The average molecular weight is 468 g/mol. The number of aliphatic imine (C=N–C) groups is 1. The first kappa shape index (κ1) is 19.7. The van der Waals surface area contributed by atoms with Crippen LogP contribution in [0, 0.1) is 0 Å². The highest BCUT2D eigenvalue weighted by molar-refractivity contribution is 9.10. The maximum Gasteiger partial charge on any atom is 0.363 e. The van der Waals surface area contributed by atoms with Gasteiger partial charge in [-0.1, -0.05) is 15.9 Å². The lowest BCUT2D eigenvalue weighted by Crippen LogP contribution is -2.09. The predicted octanol–water partition coefficient (Wildman–Crippen LogP) is 4.61. The zero-order chi connectivity index (χ0) is 21.1. The number of carbonyl (C=O) groups excluding carboxylic acids is 2. The van der Waals surface area contributed by atoms with E-state index in [2.05, 4.69) is 20.9 Å². The Kier molecular flexibility index (Phi) is 5.49. The molecule has 30 heavy (non-hydrogen) atoms. The summed E-state index contributed by atoms with van der Waals surface area (Å²) in [5.74, 6) is 0.129. The summed E-state index contributed by atoms with van der Waals surface area (Å²) in [5.41, 5.74) is 0.889. The van der Waals surface area contributed by atoms with E-state index in [1.165, 1.54) is 12.3 Å². The Hall–Kier alpha value is -3.65. The van der Waals surface area contributed by atoms with Crippen molar-refractivity contribution < 1.29 is 28.2 Å². The Morgan fingerprint density at radius 2 is 1.93 bits per heavy atom. The van der Waals surface area contributed by atoms with E-state index < -0.39 is 11.9 Å².